The van der Waals surface area contributed by atoms with Gasteiger partial charge in [0.15, 0.2) is 6.61 Å². The molecule has 6 heteroatoms. The van der Waals surface area contributed by atoms with Crippen LogP contribution < -0.4 is 10.1 Å². The molecule has 0 aliphatic carbocycles. The van der Waals surface area contributed by atoms with Crippen molar-refractivity contribution in [3.8, 4) is 5.75 Å². The van der Waals surface area contributed by atoms with E-state index in [0.29, 0.717) is 12.3 Å². The van der Waals surface area contributed by atoms with Crippen molar-refractivity contribution in [2.75, 3.05) is 13.7 Å². The van der Waals surface area contributed by atoms with E-state index in [-0.39, 0.29) is 18.4 Å². The molecule has 0 aliphatic heterocycles. The van der Waals surface area contributed by atoms with Crippen LogP contribution in [0.25, 0.3) is 10.8 Å². The number of hydrogen-bond donors (Lipinski definition) is 1. The summed E-state index contributed by atoms with van der Waals surface area (Å²) in [6, 6.07) is 19.0. The number of ether oxygens (including phenoxy) is 1. The standard InChI is InChI=1S/C24H25BrN2O3/c1-16-8-4-5-10-19(16)14-27(17(2)24(29)26-3)22(28)15-30-21-13-12-18-9-6-7-11-20(18)23(21)25/h4-13,17H,14-15H2,1-3H3,(H,26,29)/t17-/m0/s1. The van der Waals surface area contributed by atoms with Crippen LogP contribution in [0.1, 0.15) is 18.1 Å². The van der Waals surface area contributed by atoms with Crippen molar-refractivity contribution in [2.45, 2.75) is 26.4 Å². The molecule has 0 aromatic heterocycles. The molecule has 3 aromatic rings. The van der Waals surface area contributed by atoms with E-state index in [1.54, 1.807) is 18.9 Å². The van der Waals surface area contributed by atoms with Crippen molar-refractivity contribution in [3.05, 3.63) is 76.3 Å². The molecule has 3 aromatic carbocycles. The number of fused-ring (bicyclic) bond motifs is 1. The molecule has 0 spiro atoms. The van der Waals surface area contributed by atoms with E-state index >= 15 is 0 Å². The minimum atomic E-state index is -0.620. The summed E-state index contributed by atoms with van der Waals surface area (Å²) in [4.78, 5) is 26.9. The van der Waals surface area contributed by atoms with E-state index < -0.39 is 6.04 Å². The van der Waals surface area contributed by atoms with Crippen LogP contribution in [0.3, 0.4) is 0 Å². The highest BCUT2D eigenvalue weighted by Crippen LogP contribution is 2.33. The predicted molar refractivity (Wildman–Crippen MR) is 122 cm³/mol. The van der Waals surface area contributed by atoms with Gasteiger partial charge in [0, 0.05) is 13.6 Å². The smallest absolute Gasteiger partial charge is 0.261 e. The average Bonchev–Trinajstić information content (AvgIpc) is 2.77. The van der Waals surface area contributed by atoms with Crippen LogP contribution in [0.2, 0.25) is 0 Å². The van der Waals surface area contributed by atoms with Gasteiger partial charge in [-0.3, -0.25) is 9.59 Å². The van der Waals surface area contributed by atoms with Crippen molar-refractivity contribution in [2.24, 2.45) is 0 Å². The maximum Gasteiger partial charge on any atom is 0.261 e. The second kappa shape index (κ2) is 9.76. The number of carbonyl (C=O) groups excluding carboxylic acids is 2. The normalized spacial score (nSPS) is 11.7. The van der Waals surface area contributed by atoms with Gasteiger partial charge in [-0.2, -0.15) is 0 Å². The molecule has 156 valence electrons. The van der Waals surface area contributed by atoms with Gasteiger partial charge in [-0.1, -0.05) is 54.6 Å². The summed E-state index contributed by atoms with van der Waals surface area (Å²) in [7, 11) is 1.57. The summed E-state index contributed by atoms with van der Waals surface area (Å²) in [5.41, 5.74) is 2.06. The van der Waals surface area contributed by atoms with E-state index in [0.717, 1.165) is 26.4 Å². The summed E-state index contributed by atoms with van der Waals surface area (Å²) in [6.45, 7) is 3.89. The van der Waals surface area contributed by atoms with Crippen LogP contribution in [-0.2, 0) is 16.1 Å². The van der Waals surface area contributed by atoms with E-state index in [1.807, 2.05) is 67.6 Å². The van der Waals surface area contributed by atoms with Crippen molar-refractivity contribution >= 4 is 38.5 Å². The number of halogens is 1. The van der Waals surface area contributed by atoms with Gasteiger partial charge in [0.2, 0.25) is 5.91 Å². The fraction of sp³-hybridized carbons (Fsp3) is 0.250. The Hall–Kier alpha value is -2.86. The first kappa shape index (κ1) is 21.8. The topological polar surface area (TPSA) is 58.6 Å². The maximum atomic E-state index is 13.1. The van der Waals surface area contributed by atoms with Crippen LogP contribution in [0, 0.1) is 6.92 Å². The highest BCUT2D eigenvalue weighted by atomic mass is 79.9. The molecule has 2 amide bonds. The maximum absolute atomic E-state index is 13.1. The first-order valence-electron chi connectivity index (χ1n) is 9.78. The lowest BCUT2D eigenvalue weighted by atomic mass is 10.1. The van der Waals surface area contributed by atoms with Crippen LogP contribution >= 0.6 is 15.9 Å². The number of benzene rings is 3. The van der Waals surface area contributed by atoms with Crippen LogP contribution in [-0.4, -0.2) is 36.4 Å². The molecule has 0 aliphatic rings. The number of rotatable bonds is 7. The Balaban J connectivity index is 1.80. The Labute approximate surface area is 185 Å². The molecular formula is C24H25BrN2O3. The molecule has 0 saturated heterocycles. The Bertz CT molecular complexity index is 1070. The zero-order chi connectivity index (χ0) is 21.7. The number of aryl methyl sites for hydroxylation is 1. The molecular weight excluding hydrogens is 444 g/mol. The molecule has 0 bridgehead atoms. The van der Waals surface area contributed by atoms with Gasteiger partial charge in [-0.15, -0.1) is 0 Å². The molecule has 0 radical (unpaired) electrons. The van der Waals surface area contributed by atoms with Crippen molar-refractivity contribution < 1.29 is 14.3 Å². The summed E-state index contributed by atoms with van der Waals surface area (Å²) in [5, 5.41) is 4.72. The first-order valence-corrected chi connectivity index (χ1v) is 10.6. The summed E-state index contributed by atoms with van der Waals surface area (Å²) >= 11 is 3.58. The van der Waals surface area contributed by atoms with Crippen molar-refractivity contribution in [1.29, 1.82) is 0 Å². The highest BCUT2D eigenvalue weighted by Gasteiger charge is 2.26. The van der Waals surface area contributed by atoms with Gasteiger partial charge in [0.05, 0.1) is 4.47 Å². The number of carbonyl (C=O) groups is 2. The first-order chi connectivity index (χ1) is 14.4. The van der Waals surface area contributed by atoms with Gasteiger partial charge < -0.3 is 15.0 Å². The third-order valence-electron chi connectivity index (χ3n) is 5.19. The molecule has 1 atom stereocenters. The second-order valence-corrected chi connectivity index (χ2v) is 7.92. The number of hydrogen-bond acceptors (Lipinski definition) is 3. The Morgan fingerprint density at radius 2 is 1.77 bits per heavy atom. The molecule has 0 saturated carbocycles. The van der Waals surface area contributed by atoms with Gasteiger partial charge in [0.25, 0.3) is 5.91 Å². The van der Waals surface area contributed by atoms with Crippen molar-refractivity contribution in [3.63, 3.8) is 0 Å². The van der Waals surface area contributed by atoms with E-state index in [4.69, 9.17) is 4.74 Å². The summed E-state index contributed by atoms with van der Waals surface area (Å²) in [6.07, 6.45) is 0. The van der Waals surface area contributed by atoms with Crippen LogP contribution in [0.4, 0.5) is 0 Å². The number of likely N-dealkylation sites (N-methyl/N-ethyl adjacent to an activating group) is 1. The van der Waals surface area contributed by atoms with Crippen LogP contribution in [0.5, 0.6) is 5.75 Å². The van der Waals surface area contributed by atoms with Gasteiger partial charge in [-0.25, -0.2) is 0 Å². The zero-order valence-electron chi connectivity index (χ0n) is 17.3. The molecule has 0 unspecified atom stereocenters. The largest absolute Gasteiger partial charge is 0.483 e. The monoisotopic (exact) mass is 468 g/mol. The Morgan fingerprint density at radius 3 is 2.50 bits per heavy atom. The Kier molecular flexibility index (Phi) is 7.11. The summed E-state index contributed by atoms with van der Waals surface area (Å²) in [5.74, 6) is 0.115. The SMILES string of the molecule is CNC(=O)[C@H](C)N(Cc1ccccc1C)C(=O)COc1ccc2ccccc2c1Br. The minimum absolute atomic E-state index is 0.163. The minimum Gasteiger partial charge on any atom is -0.483 e. The van der Waals surface area contributed by atoms with Gasteiger partial charge in [0.1, 0.15) is 11.8 Å². The number of nitrogens with one attached hydrogen (secondary N) is 1. The zero-order valence-corrected chi connectivity index (χ0v) is 18.9. The molecule has 1 N–H and O–H groups in total. The molecule has 0 heterocycles. The summed E-state index contributed by atoms with van der Waals surface area (Å²) < 4.78 is 6.65. The highest BCUT2D eigenvalue weighted by molar-refractivity contribution is 9.10. The van der Waals surface area contributed by atoms with E-state index in [1.165, 1.54) is 0 Å². The fourth-order valence-electron chi connectivity index (χ4n) is 3.31. The van der Waals surface area contributed by atoms with Crippen molar-refractivity contribution in [1.82, 2.24) is 10.2 Å². The van der Waals surface area contributed by atoms with Gasteiger partial charge >= 0.3 is 0 Å². The quantitative estimate of drug-likeness (QED) is 0.556. The predicted octanol–water partition coefficient (Wildman–Crippen LogP) is 4.45. The Morgan fingerprint density at radius 1 is 1.07 bits per heavy atom. The molecule has 0 fully saturated rings. The molecule has 3 rings (SSSR count). The average molecular weight is 469 g/mol. The second-order valence-electron chi connectivity index (χ2n) is 7.13. The lowest BCUT2D eigenvalue weighted by molar-refractivity contribution is -0.142. The molecule has 5 nitrogen and oxygen atoms in total. The lowest BCUT2D eigenvalue weighted by Gasteiger charge is -2.29. The number of nitrogens with zero attached hydrogens (tertiary/aromatic N) is 1. The van der Waals surface area contributed by atoms with E-state index in [2.05, 4.69) is 21.2 Å². The lowest BCUT2D eigenvalue weighted by Crippen LogP contribution is -2.48. The van der Waals surface area contributed by atoms with E-state index in [9.17, 15) is 9.59 Å². The third-order valence-corrected chi connectivity index (χ3v) is 6.01. The van der Waals surface area contributed by atoms with Gasteiger partial charge in [-0.05, 0) is 57.7 Å². The fourth-order valence-corrected chi connectivity index (χ4v) is 3.92. The van der Waals surface area contributed by atoms with Crippen LogP contribution in [0.15, 0.2) is 65.1 Å². The third kappa shape index (κ3) is 4.82. The molecule has 30 heavy (non-hydrogen) atoms. The number of amides is 2.